The largest absolute Gasteiger partial charge is 0.367 e. The summed E-state index contributed by atoms with van der Waals surface area (Å²) in [4.78, 5) is 4.70. The molecule has 0 spiro atoms. The minimum absolute atomic E-state index is 0.0218. The lowest BCUT2D eigenvalue weighted by Crippen LogP contribution is -2.30. The summed E-state index contributed by atoms with van der Waals surface area (Å²) in [5.74, 6) is 0. The second-order valence-electron chi connectivity index (χ2n) is 7.60. The molecule has 0 saturated carbocycles. The van der Waals surface area contributed by atoms with E-state index >= 15 is 0 Å². The van der Waals surface area contributed by atoms with Gasteiger partial charge in [0.15, 0.2) is 0 Å². The van der Waals surface area contributed by atoms with Crippen molar-refractivity contribution >= 4 is 15.9 Å². The van der Waals surface area contributed by atoms with Gasteiger partial charge >= 0.3 is 0 Å². The number of halogens is 1. The van der Waals surface area contributed by atoms with Crippen LogP contribution in [-0.4, -0.2) is 29.6 Å². The van der Waals surface area contributed by atoms with Crippen molar-refractivity contribution in [2.45, 2.75) is 19.1 Å². The van der Waals surface area contributed by atoms with E-state index < -0.39 is 0 Å². The van der Waals surface area contributed by atoms with Crippen LogP contribution in [0.4, 0.5) is 0 Å². The molecule has 154 valence electrons. The molecule has 1 heterocycles. The SMILES string of the molecule is Brc1ccc(COC(CN2C=CN(CCc3ccccc3)C2)c2ccccc2)cc1. The third kappa shape index (κ3) is 5.97. The van der Waals surface area contributed by atoms with Crippen LogP contribution in [0.3, 0.4) is 0 Å². The number of ether oxygens (including phenoxy) is 1. The molecule has 0 aliphatic carbocycles. The Balaban J connectivity index is 1.33. The molecule has 3 aromatic carbocycles. The molecule has 0 aromatic heterocycles. The highest BCUT2D eigenvalue weighted by molar-refractivity contribution is 9.10. The molecular weight excluding hydrogens is 436 g/mol. The molecule has 1 unspecified atom stereocenters. The van der Waals surface area contributed by atoms with Crippen LogP contribution in [0.2, 0.25) is 0 Å². The Hall–Kier alpha value is -2.56. The van der Waals surface area contributed by atoms with E-state index in [1.54, 1.807) is 0 Å². The van der Waals surface area contributed by atoms with Crippen LogP contribution >= 0.6 is 15.9 Å². The number of nitrogens with zero attached hydrogens (tertiary/aromatic N) is 2. The minimum Gasteiger partial charge on any atom is -0.367 e. The van der Waals surface area contributed by atoms with Crippen molar-refractivity contribution in [1.29, 1.82) is 0 Å². The van der Waals surface area contributed by atoms with E-state index in [0.29, 0.717) is 6.61 Å². The monoisotopic (exact) mass is 462 g/mol. The van der Waals surface area contributed by atoms with Gasteiger partial charge in [-0.15, -0.1) is 0 Å². The first-order valence-corrected chi connectivity index (χ1v) is 11.2. The van der Waals surface area contributed by atoms with Gasteiger partial charge in [0, 0.05) is 30.0 Å². The Labute approximate surface area is 187 Å². The molecule has 0 saturated heterocycles. The average molecular weight is 463 g/mol. The summed E-state index contributed by atoms with van der Waals surface area (Å²) < 4.78 is 7.46. The lowest BCUT2D eigenvalue weighted by atomic mass is 10.1. The van der Waals surface area contributed by atoms with Gasteiger partial charge < -0.3 is 14.5 Å². The normalized spacial score (nSPS) is 14.3. The zero-order valence-corrected chi connectivity index (χ0v) is 18.6. The van der Waals surface area contributed by atoms with Gasteiger partial charge in [-0.25, -0.2) is 0 Å². The van der Waals surface area contributed by atoms with Crippen molar-refractivity contribution in [1.82, 2.24) is 9.80 Å². The molecule has 1 aliphatic heterocycles. The maximum atomic E-state index is 6.37. The number of benzene rings is 3. The van der Waals surface area contributed by atoms with Crippen molar-refractivity contribution in [3.63, 3.8) is 0 Å². The molecule has 1 aliphatic rings. The topological polar surface area (TPSA) is 15.7 Å². The third-order valence-corrected chi connectivity index (χ3v) is 5.85. The lowest BCUT2D eigenvalue weighted by Gasteiger charge is -2.26. The average Bonchev–Trinajstić information content (AvgIpc) is 3.25. The molecule has 0 N–H and O–H groups in total. The molecule has 0 fully saturated rings. The predicted molar refractivity (Wildman–Crippen MR) is 126 cm³/mol. The quantitative estimate of drug-likeness (QED) is 0.387. The van der Waals surface area contributed by atoms with Crippen LogP contribution in [0, 0.1) is 0 Å². The van der Waals surface area contributed by atoms with Crippen molar-refractivity contribution < 1.29 is 4.74 Å². The standard InChI is InChI=1S/C26H27BrN2O/c27-25-13-11-23(12-14-25)20-30-26(24-9-5-2-6-10-24)19-29-18-17-28(21-29)16-15-22-7-3-1-4-8-22/h1-14,17-18,26H,15-16,19-21H2. The van der Waals surface area contributed by atoms with Crippen molar-refractivity contribution in [3.8, 4) is 0 Å². The Morgan fingerprint density at radius 3 is 2.17 bits per heavy atom. The van der Waals surface area contributed by atoms with E-state index in [4.69, 9.17) is 4.74 Å². The lowest BCUT2D eigenvalue weighted by molar-refractivity contribution is 0.0196. The fraction of sp³-hybridized carbons (Fsp3) is 0.231. The Morgan fingerprint density at radius 2 is 1.43 bits per heavy atom. The minimum atomic E-state index is 0.0218. The maximum absolute atomic E-state index is 6.37. The smallest absolute Gasteiger partial charge is 0.100 e. The van der Waals surface area contributed by atoms with Gasteiger partial charge in [-0.3, -0.25) is 0 Å². The highest BCUT2D eigenvalue weighted by Gasteiger charge is 2.19. The summed E-state index contributed by atoms with van der Waals surface area (Å²) in [7, 11) is 0. The molecule has 0 bridgehead atoms. The first-order chi connectivity index (χ1) is 14.8. The molecule has 4 rings (SSSR count). The summed E-state index contributed by atoms with van der Waals surface area (Å²) in [5.41, 5.74) is 3.77. The maximum Gasteiger partial charge on any atom is 0.100 e. The highest BCUT2D eigenvalue weighted by Crippen LogP contribution is 2.23. The summed E-state index contributed by atoms with van der Waals surface area (Å²) >= 11 is 3.49. The second kappa shape index (κ2) is 10.5. The van der Waals surface area contributed by atoms with Gasteiger partial charge in [0.05, 0.1) is 13.3 Å². The fourth-order valence-electron chi connectivity index (χ4n) is 3.61. The number of hydrogen-bond donors (Lipinski definition) is 0. The van der Waals surface area contributed by atoms with Gasteiger partial charge in [0.1, 0.15) is 6.10 Å². The molecule has 4 heteroatoms. The predicted octanol–water partition coefficient (Wildman–Crippen LogP) is 6.00. The molecule has 0 radical (unpaired) electrons. The Bertz CT molecular complexity index is 928. The summed E-state index contributed by atoms with van der Waals surface area (Å²) in [6.07, 6.45) is 5.46. The van der Waals surface area contributed by atoms with E-state index in [1.165, 1.54) is 16.7 Å². The zero-order valence-electron chi connectivity index (χ0n) is 17.0. The second-order valence-corrected chi connectivity index (χ2v) is 8.51. The van der Waals surface area contributed by atoms with Gasteiger partial charge in [-0.1, -0.05) is 88.7 Å². The Morgan fingerprint density at radius 1 is 0.767 bits per heavy atom. The van der Waals surface area contributed by atoms with E-state index in [0.717, 1.165) is 30.7 Å². The first kappa shape index (κ1) is 20.7. The van der Waals surface area contributed by atoms with Crippen LogP contribution < -0.4 is 0 Å². The molecular formula is C26H27BrN2O. The number of rotatable bonds is 9. The van der Waals surface area contributed by atoms with E-state index in [2.05, 4.69) is 123 Å². The third-order valence-electron chi connectivity index (χ3n) is 5.32. The molecule has 3 aromatic rings. The van der Waals surface area contributed by atoms with E-state index in [1.807, 2.05) is 0 Å². The van der Waals surface area contributed by atoms with E-state index in [9.17, 15) is 0 Å². The molecule has 3 nitrogen and oxygen atoms in total. The first-order valence-electron chi connectivity index (χ1n) is 10.4. The summed E-state index contributed by atoms with van der Waals surface area (Å²) in [6, 6.07) is 29.5. The Kier molecular flexibility index (Phi) is 7.22. The van der Waals surface area contributed by atoms with Gasteiger partial charge in [-0.2, -0.15) is 0 Å². The van der Waals surface area contributed by atoms with Crippen molar-refractivity contribution in [2.24, 2.45) is 0 Å². The van der Waals surface area contributed by atoms with Crippen molar-refractivity contribution in [3.05, 3.63) is 118 Å². The zero-order chi connectivity index (χ0) is 20.6. The van der Waals surface area contributed by atoms with Gasteiger partial charge in [0.25, 0.3) is 0 Å². The van der Waals surface area contributed by atoms with Crippen LogP contribution in [0.25, 0.3) is 0 Å². The van der Waals surface area contributed by atoms with Gasteiger partial charge in [-0.05, 0) is 35.2 Å². The van der Waals surface area contributed by atoms with Gasteiger partial charge in [0.2, 0.25) is 0 Å². The van der Waals surface area contributed by atoms with E-state index in [-0.39, 0.29) is 6.10 Å². The van der Waals surface area contributed by atoms with Crippen LogP contribution in [0.15, 0.2) is 102 Å². The fourth-order valence-corrected chi connectivity index (χ4v) is 3.87. The molecule has 0 amide bonds. The number of hydrogen-bond acceptors (Lipinski definition) is 3. The summed E-state index contributed by atoms with van der Waals surface area (Å²) in [6.45, 7) is 3.35. The summed E-state index contributed by atoms with van der Waals surface area (Å²) in [5, 5.41) is 0. The molecule has 1 atom stereocenters. The van der Waals surface area contributed by atoms with Crippen LogP contribution in [-0.2, 0) is 17.8 Å². The molecule has 30 heavy (non-hydrogen) atoms. The van der Waals surface area contributed by atoms with Crippen LogP contribution in [0.5, 0.6) is 0 Å². The van der Waals surface area contributed by atoms with Crippen molar-refractivity contribution in [2.75, 3.05) is 19.8 Å². The van der Waals surface area contributed by atoms with Crippen LogP contribution in [0.1, 0.15) is 22.8 Å². The highest BCUT2D eigenvalue weighted by atomic mass is 79.9.